The molecule has 0 saturated carbocycles. The molecule has 1 atom stereocenters. The molecule has 1 aromatic heterocycles. The van der Waals surface area contributed by atoms with Crippen molar-refractivity contribution in [2.45, 2.75) is 44.8 Å². The van der Waals surface area contributed by atoms with Gasteiger partial charge in [-0.1, -0.05) is 18.2 Å². The predicted molar refractivity (Wildman–Crippen MR) is 156 cm³/mol. The summed E-state index contributed by atoms with van der Waals surface area (Å²) in [4.78, 5) is 17.7. The third kappa shape index (κ3) is 7.26. The molecule has 9 nitrogen and oxygen atoms in total. The Hall–Kier alpha value is -2.76. The van der Waals surface area contributed by atoms with E-state index >= 15 is 0 Å². The summed E-state index contributed by atoms with van der Waals surface area (Å²) in [7, 11) is 0.621. The van der Waals surface area contributed by atoms with Gasteiger partial charge in [0.1, 0.15) is 0 Å². The zero-order chi connectivity index (χ0) is 28.2. The van der Waals surface area contributed by atoms with E-state index in [1.165, 1.54) is 0 Å². The molecule has 1 aliphatic heterocycles. The molecule has 0 bridgehead atoms. The van der Waals surface area contributed by atoms with Crippen LogP contribution in [0.2, 0.25) is 0 Å². The number of rotatable bonds is 12. The number of benzene rings is 2. The average molecular weight is 556 g/mol. The molecule has 0 unspecified atom stereocenters. The topological polar surface area (TPSA) is 132 Å². The van der Waals surface area contributed by atoms with E-state index in [-0.39, 0.29) is 11.7 Å². The van der Waals surface area contributed by atoms with Crippen molar-refractivity contribution in [2.24, 2.45) is 5.73 Å². The van der Waals surface area contributed by atoms with Gasteiger partial charge < -0.3 is 26.0 Å². The Morgan fingerprint density at radius 1 is 1.21 bits per heavy atom. The maximum atomic E-state index is 12.9. The lowest BCUT2D eigenvalue weighted by Gasteiger charge is -2.31. The van der Waals surface area contributed by atoms with Gasteiger partial charge in [-0.05, 0) is 93.2 Å². The Bertz CT molecular complexity index is 1390. The summed E-state index contributed by atoms with van der Waals surface area (Å²) in [6.07, 6.45) is 3.59. The fourth-order valence-electron chi connectivity index (χ4n) is 5.38. The van der Waals surface area contributed by atoms with Crippen LogP contribution in [-0.4, -0.2) is 85.8 Å². The Morgan fingerprint density at radius 3 is 2.62 bits per heavy atom. The van der Waals surface area contributed by atoms with Crippen molar-refractivity contribution in [1.29, 1.82) is 0 Å². The van der Waals surface area contributed by atoms with Crippen LogP contribution in [0, 0.1) is 0 Å². The van der Waals surface area contributed by atoms with Crippen molar-refractivity contribution in [2.75, 3.05) is 46.0 Å². The van der Waals surface area contributed by atoms with Gasteiger partial charge in [-0.3, -0.25) is 4.79 Å². The normalized spacial score (nSPS) is 16.2. The lowest BCUT2D eigenvalue weighted by Crippen LogP contribution is -2.39. The summed E-state index contributed by atoms with van der Waals surface area (Å²) in [5, 5.41) is 13.7. The number of hydrogen-bond donors (Lipinski definition) is 4. The molecule has 10 heteroatoms. The number of nitrogens with two attached hydrogens (primary N) is 1. The standard InChI is InChI=1S/C29H41N5O4S/c1-20(35)17-31-18-21-6-4-7-23(14-21)24-15-25-27(19-32-28(25)26(16-24)29(30)36)22-8-11-34(12-9-22)39(37,38)13-5-10-33(2)3/h4,6-7,14-16,19-20,22,31-32,35H,5,8-13,17-18H2,1-3H3,(H2,30,36)/t20-/m0/s1. The van der Waals surface area contributed by atoms with E-state index in [0.717, 1.165) is 52.5 Å². The highest BCUT2D eigenvalue weighted by molar-refractivity contribution is 7.89. The van der Waals surface area contributed by atoms with Crippen LogP contribution in [0.1, 0.15) is 53.6 Å². The van der Waals surface area contributed by atoms with Gasteiger partial charge in [0, 0.05) is 37.8 Å². The van der Waals surface area contributed by atoms with Gasteiger partial charge in [0.25, 0.3) is 5.91 Å². The fraction of sp³-hybridized carbons (Fsp3) is 0.483. The summed E-state index contributed by atoms with van der Waals surface area (Å²) in [5.41, 5.74) is 11.0. The number of hydrogen-bond acceptors (Lipinski definition) is 6. The number of aromatic nitrogens is 1. The van der Waals surface area contributed by atoms with E-state index < -0.39 is 22.0 Å². The monoisotopic (exact) mass is 555 g/mol. The molecule has 1 amide bonds. The fourth-order valence-corrected chi connectivity index (χ4v) is 6.89. The van der Waals surface area contributed by atoms with Gasteiger partial charge in [0.2, 0.25) is 10.0 Å². The number of aromatic amines is 1. The van der Waals surface area contributed by atoms with Crippen molar-refractivity contribution in [1.82, 2.24) is 19.5 Å². The number of carbonyl (C=O) groups excluding carboxylic acids is 1. The van der Waals surface area contributed by atoms with Gasteiger partial charge in [0.05, 0.1) is 22.9 Å². The second-order valence-corrected chi connectivity index (χ2v) is 13.0. The SMILES string of the molecule is C[C@H](O)CNCc1cccc(-c2cc(C(N)=O)c3[nH]cc(C4CCN(S(=O)(=O)CCCN(C)C)CC4)c3c2)c1. The molecule has 3 aromatic rings. The van der Waals surface area contributed by atoms with Crippen LogP contribution >= 0.6 is 0 Å². The number of H-pyrrole nitrogens is 1. The number of carbonyl (C=O) groups is 1. The number of fused-ring (bicyclic) bond motifs is 1. The lowest BCUT2D eigenvalue weighted by atomic mass is 9.88. The Balaban J connectivity index is 1.56. The Kier molecular flexibility index (Phi) is 9.45. The predicted octanol–water partition coefficient (Wildman–Crippen LogP) is 2.87. The molecule has 1 fully saturated rings. The highest BCUT2D eigenvalue weighted by atomic mass is 32.2. The molecule has 4 rings (SSSR count). The summed E-state index contributed by atoms with van der Waals surface area (Å²) in [6, 6.07) is 12.0. The first-order valence-electron chi connectivity index (χ1n) is 13.6. The molecule has 1 saturated heterocycles. The zero-order valence-electron chi connectivity index (χ0n) is 23.1. The first kappa shape index (κ1) is 29.2. The van der Waals surface area contributed by atoms with Gasteiger partial charge in [-0.25, -0.2) is 12.7 Å². The second-order valence-electron chi connectivity index (χ2n) is 10.9. The second kappa shape index (κ2) is 12.6. The van der Waals surface area contributed by atoms with Gasteiger partial charge in [0.15, 0.2) is 0 Å². The van der Waals surface area contributed by atoms with Crippen LogP contribution in [0.15, 0.2) is 42.6 Å². The minimum absolute atomic E-state index is 0.169. The minimum Gasteiger partial charge on any atom is -0.392 e. The maximum Gasteiger partial charge on any atom is 0.250 e. The quantitative estimate of drug-likeness (QED) is 0.272. The van der Waals surface area contributed by atoms with Crippen LogP contribution in [0.25, 0.3) is 22.0 Å². The number of sulfonamides is 1. The molecule has 212 valence electrons. The third-order valence-corrected chi connectivity index (χ3v) is 9.37. The third-order valence-electron chi connectivity index (χ3n) is 7.41. The molecule has 39 heavy (non-hydrogen) atoms. The molecular weight excluding hydrogens is 514 g/mol. The smallest absolute Gasteiger partial charge is 0.250 e. The Morgan fingerprint density at radius 2 is 1.95 bits per heavy atom. The molecular formula is C29H41N5O4S. The summed E-state index contributed by atoms with van der Waals surface area (Å²) in [6.45, 7) is 4.60. The number of aliphatic hydroxyl groups is 1. The Labute approximate surface area is 231 Å². The van der Waals surface area contributed by atoms with Gasteiger partial charge >= 0.3 is 0 Å². The van der Waals surface area contributed by atoms with Crippen LogP contribution in [-0.2, 0) is 16.6 Å². The van der Waals surface area contributed by atoms with Crippen molar-refractivity contribution in [3.05, 3.63) is 59.3 Å². The van der Waals surface area contributed by atoms with Gasteiger partial charge in [-0.15, -0.1) is 0 Å². The number of primary amides is 1. The van der Waals surface area contributed by atoms with Crippen LogP contribution in [0.3, 0.4) is 0 Å². The highest BCUT2D eigenvalue weighted by Crippen LogP contribution is 2.37. The highest BCUT2D eigenvalue weighted by Gasteiger charge is 2.30. The molecule has 0 radical (unpaired) electrons. The number of nitrogens with one attached hydrogen (secondary N) is 2. The summed E-state index contributed by atoms with van der Waals surface area (Å²) >= 11 is 0. The number of amides is 1. The van der Waals surface area contributed by atoms with Crippen molar-refractivity contribution in [3.63, 3.8) is 0 Å². The van der Waals surface area contributed by atoms with Crippen LogP contribution in [0.5, 0.6) is 0 Å². The first-order valence-corrected chi connectivity index (χ1v) is 15.2. The molecule has 0 spiro atoms. The number of piperidine rings is 1. The zero-order valence-corrected chi connectivity index (χ0v) is 23.9. The maximum absolute atomic E-state index is 12.9. The summed E-state index contributed by atoms with van der Waals surface area (Å²) in [5.74, 6) is -0.149. The summed E-state index contributed by atoms with van der Waals surface area (Å²) < 4.78 is 27.3. The molecule has 2 aromatic carbocycles. The molecule has 5 N–H and O–H groups in total. The molecule has 0 aliphatic carbocycles. The van der Waals surface area contributed by atoms with Gasteiger partial charge in [-0.2, -0.15) is 0 Å². The van der Waals surface area contributed by atoms with Crippen LogP contribution in [0.4, 0.5) is 0 Å². The van der Waals surface area contributed by atoms with Crippen LogP contribution < -0.4 is 11.1 Å². The largest absolute Gasteiger partial charge is 0.392 e. The van der Waals surface area contributed by atoms with E-state index in [0.29, 0.717) is 38.2 Å². The average Bonchev–Trinajstić information content (AvgIpc) is 3.32. The lowest BCUT2D eigenvalue weighted by molar-refractivity contribution is 0.100. The van der Waals surface area contributed by atoms with E-state index in [4.69, 9.17) is 5.73 Å². The van der Waals surface area contributed by atoms with E-state index in [9.17, 15) is 18.3 Å². The van der Waals surface area contributed by atoms with E-state index in [2.05, 4.69) is 22.4 Å². The number of aliphatic hydroxyl groups excluding tert-OH is 1. The van der Waals surface area contributed by atoms with Crippen molar-refractivity contribution in [3.8, 4) is 11.1 Å². The van der Waals surface area contributed by atoms with Crippen molar-refractivity contribution < 1.29 is 18.3 Å². The van der Waals surface area contributed by atoms with E-state index in [1.54, 1.807) is 11.2 Å². The van der Waals surface area contributed by atoms with Crippen molar-refractivity contribution >= 4 is 26.8 Å². The molecule has 1 aliphatic rings. The number of nitrogens with zero attached hydrogens (tertiary/aromatic N) is 2. The van der Waals surface area contributed by atoms with E-state index in [1.807, 2.05) is 49.5 Å². The minimum atomic E-state index is -3.27. The first-order chi connectivity index (χ1) is 18.5. The molecule has 2 heterocycles.